The summed E-state index contributed by atoms with van der Waals surface area (Å²) in [5.74, 6) is 0. The molecule has 3 aromatic rings. The molecule has 3 heterocycles. The monoisotopic (exact) mass is 377 g/mol. The molecule has 0 atom stereocenters. The first-order chi connectivity index (χ1) is 13.2. The predicted molar refractivity (Wildman–Crippen MR) is 110 cm³/mol. The summed E-state index contributed by atoms with van der Waals surface area (Å²) in [5.41, 5.74) is 3.33. The van der Waals surface area contributed by atoms with Crippen molar-refractivity contribution in [3.8, 4) is 0 Å². The molecule has 27 heavy (non-hydrogen) atoms. The summed E-state index contributed by atoms with van der Waals surface area (Å²) in [5, 5.41) is 6.39. The Morgan fingerprint density at radius 2 is 1.96 bits per heavy atom. The number of thioether (sulfide) groups is 1. The summed E-state index contributed by atoms with van der Waals surface area (Å²) < 4.78 is 0. The van der Waals surface area contributed by atoms with E-state index in [1.807, 2.05) is 24.5 Å². The van der Waals surface area contributed by atoms with E-state index >= 15 is 0 Å². The second-order valence-electron chi connectivity index (χ2n) is 6.69. The summed E-state index contributed by atoms with van der Waals surface area (Å²) in [6.07, 6.45) is 7.86. The van der Waals surface area contributed by atoms with E-state index in [2.05, 4.69) is 59.4 Å². The van der Waals surface area contributed by atoms with Crippen LogP contribution in [-0.4, -0.2) is 38.6 Å². The highest BCUT2D eigenvalue weighted by molar-refractivity contribution is 8.03. The fourth-order valence-electron chi connectivity index (χ4n) is 3.23. The van der Waals surface area contributed by atoms with E-state index in [0.29, 0.717) is 0 Å². The maximum Gasteiger partial charge on any atom is 0.193 e. The lowest BCUT2D eigenvalue weighted by atomic mass is 10.1. The highest BCUT2D eigenvalue weighted by atomic mass is 32.2. The van der Waals surface area contributed by atoms with Crippen LogP contribution in [-0.2, 0) is 13.0 Å². The quantitative estimate of drug-likeness (QED) is 0.598. The molecule has 5 nitrogen and oxygen atoms in total. The number of aromatic nitrogens is 3. The third kappa shape index (κ3) is 4.12. The maximum absolute atomic E-state index is 4.83. The van der Waals surface area contributed by atoms with Gasteiger partial charge in [0.25, 0.3) is 0 Å². The van der Waals surface area contributed by atoms with Crippen LogP contribution in [0.5, 0.6) is 0 Å². The molecule has 2 aromatic heterocycles. The number of fused-ring (bicyclic) bond motifs is 1. The zero-order valence-corrected chi connectivity index (χ0v) is 16.5. The Kier molecular flexibility index (Phi) is 5.36. The van der Waals surface area contributed by atoms with Crippen molar-refractivity contribution in [2.45, 2.75) is 31.5 Å². The molecule has 0 N–H and O–H groups in total. The molecule has 0 bridgehead atoms. The Morgan fingerprint density at radius 1 is 1.11 bits per heavy atom. The molecule has 0 unspecified atom stereocenters. The molecule has 0 amide bonds. The van der Waals surface area contributed by atoms with Crippen molar-refractivity contribution in [3.05, 3.63) is 71.2 Å². The van der Waals surface area contributed by atoms with Gasteiger partial charge in [0.05, 0.1) is 30.5 Å². The molecule has 0 aliphatic carbocycles. The lowest BCUT2D eigenvalue weighted by Crippen LogP contribution is -2.30. The number of likely N-dealkylation sites (N-methyl/N-ethyl adjacent to an activating group) is 1. The van der Waals surface area contributed by atoms with Crippen LogP contribution in [0.3, 0.4) is 0 Å². The summed E-state index contributed by atoms with van der Waals surface area (Å²) in [6, 6.07) is 12.5. The molecular weight excluding hydrogens is 354 g/mol. The van der Waals surface area contributed by atoms with Gasteiger partial charge < -0.3 is 5.01 Å². The number of benzene rings is 1. The third-order valence-electron chi connectivity index (χ3n) is 4.57. The molecule has 6 heteroatoms. The Labute approximate surface area is 164 Å². The standard InChI is InChI=1S/C21H23N5S/c1-3-7-19-18-10-11-22-12-20(18)24-21(23-19)27-17-14-25(2)26(15-17)13-16-8-5-4-6-9-16/h4-6,8-12,15H,3,7,13-14H2,1-2H3. The number of rotatable bonds is 6. The number of hydrogen-bond donors (Lipinski definition) is 0. The molecule has 138 valence electrons. The molecule has 0 saturated heterocycles. The Bertz CT molecular complexity index is 957. The van der Waals surface area contributed by atoms with Gasteiger partial charge in [0.15, 0.2) is 5.16 Å². The van der Waals surface area contributed by atoms with Crippen LogP contribution in [0.2, 0.25) is 0 Å². The molecule has 4 rings (SSSR count). The molecule has 0 fully saturated rings. The molecule has 1 aliphatic rings. The average molecular weight is 378 g/mol. The molecular formula is C21H23N5S. The molecule has 0 radical (unpaired) electrons. The first-order valence-electron chi connectivity index (χ1n) is 9.23. The second-order valence-corrected chi connectivity index (χ2v) is 7.79. The van der Waals surface area contributed by atoms with Crippen LogP contribution in [0.1, 0.15) is 24.6 Å². The number of pyridine rings is 1. The predicted octanol–water partition coefficient (Wildman–Crippen LogP) is 4.27. The summed E-state index contributed by atoms with van der Waals surface area (Å²) in [7, 11) is 2.11. The Hall–Kier alpha value is -2.44. The Balaban J connectivity index is 1.55. The highest BCUT2D eigenvalue weighted by Crippen LogP contribution is 2.31. The van der Waals surface area contributed by atoms with Gasteiger partial charge in [0, 0.05) is 29.7 Å². The van der Waals surface area contributed by atoms with Crippen molar-refractivity contribution < 1.29 is 0 Å². The summed E-state index contributed by atoms with van der Waals surface area (Å²) in [6.45, 7) is 3.91. The lowest BCUT2D eigenvalue weighted by Gasteiger charge is -2.24. The van der Waals surface area contributed by atoms with Gasteiger partial charge in [-0.2, -0.15) is 0 Å². The van der Waals surface area contributed by atoms with E-state index in [9.17, 15) is 0 Å². The zero-order valence-electron chi connectivity index (χ0n) is 15.7. The van der Waals surface area contributed by atoms with Gasteiger partial charge in [0.2, 0.25) is 0 Å². The Morgan fingerprint density at radius 3 is 2.78 bits per heavy atom. The SMILES string of the molecule is CCCc1nc(SC2=CN(Cc3ccccc3)N(C)C2)nc2cnccc12. The number of hydrogen-bond acceptors (Lipinski definition) is 6. The first kappa shape index (κ1) is 17.9. The minimum atomic E-state index is 0.806. The summed E-state index contributed by atoms with van der Waals surface area (Å²) in [4.78, 5) is 15.0. The number of nitrogens with zero attached hydrogens (tertiary/aromatic N) is 5. The van der Waals surface area contributed by atoms with Gasteiger partial charge >= 0.3 is 0 Å². The van der Waals surface area contributed by atoms with Crippen LogP contribution >= 0.6 is 11.8 Å². The van der Waals surface area contributed by atoms with Gasteiger partial charge in [-0.25, -0.2) is 15.0 Å². The van der Waals surface area contributed by atoms with Gasteiger partial charge in [-0.3, -0.25) is 4.98 Å². The number of hydrazine groups is 1. The van der Waals surface area contributed by atoms with Crippen molar-refractivity contribution in [1.29, 1.82) is 0 Å². The van der Waals surface area contributed by atoms with E-state index in [-0.39, 0.29) is 0 Å². The van der Waals surface area contributed by atoms with E-state index in [1.165, 1.54) is 10.5 Å². The second kappa shape index (κ2) is 8.06. The van der Waals surface area contributed by atoms with Crippen molar-refractivity contribution in [1.82, 2.24) is 25.0 Å². The highest BCUT2D eigenvalue weighted by Gasteiger charge is 2.20. The molecule has 0 saturated carbocycles. The first-order valence-corrected chi connectivity index (χ1v) is 10.1. The zero-order chi connectivity index (χ0) is 18.6. The van der Waals surface area contributed by atoms with E-state index in [4.69, 9.17) is 9.97 Å². The largest absolute Gasteiger partial charge is 0.308 e. The number of aryl methyl sites for hydroxylation is 1. The smallest absolute Gasteiger partial charge is 0.193 e. The topological polar surface area (TPSA) is 45.2 Å². The molecule has 1 aromatic carbocycles. The molecule has 1 aliphatic heterocycles. The van der Waals surface area contributed by atoms with Crippen molar-refractivity contribution in [3.63, 3.8) is 0 Å². The fraction of sp³-hybridized carbons (Fsp3) is 0.286. The van der Waals surface area contributed by atoms with E-state index in [1.54, 1.807) is 11.8 Å². The van der Waals surface area contributed by atoms with Gasteiger partial charge in [-0.1, -0.05) is 55.4 Å². The average Bonchev–Trinajstić information content (AvgIpc) is 3.01. The summed E-state index contributed by atoms with van der Waals surface area (Å²) >= 11 is 1.65. The van der Waals surface area contributed by atoms with Crippen LogP contribution in [0, 0.1) is 0 Å². The van der Waals surface area contributed by atoms with E-state index < -0.39 is 0 Å². The van der Waals surface area contributed by atoms with Crippen molar-refractivity contribution in [2.24, 2.45) is 0 Å². The van der Waals surface area contributed by atoms with Crippen LogP contribution in [0.4, 0.5) is 0 Å². The maximum atomic E-state index is 4.83. The van der Waals surface area contributed by atoms with Gasteiger partial charge in [-0.15, -0.1) is 0 Å². The molecule has 0 spiro atoms. The van der Waals surface area contributed by atoms with Crippen LogP contribution in [0.15, 0.2) is 65.1 Å². The van der Waals surface area contributed by atoms with Crippen LogP contribution in [0.25, 0.3) is 10.9 Å². The van der Waals surface area contributed by atoms with E-state index in [0.717, 1.165) is 47.7 Å². The van der Waals surface area contributed by atoms with Gasteiger partial charge in [0.1, 0.15) is 0 Å². The fourth-order valence-corrected chi connectivity index (χ4v) is 4.19. The van der Waals surface area contributed by atoms with Gasteiger partial charge in [-0.05, 0) is 18.1 Å². The minimum absolute atomic E-state index is 0.806. The van der Waals surface area contributed by atoms with Crippen molar-refractivity contribution >= 4 is 22.7 Å². The lowest BCUT2D eigenvalue weighted by molar-refractivity contribution is 0.0757. The minimum Gasteiger partial charge on any atom is -0.308 e. The third-order valence-corrected chi connectivity index (χ3v) is 5.43. The van der Waals surface area contributed by atoms with Crippen LogP contribution < -0.4 is 0 Å². The normalized spacial score (nSPS) is 14.7. The van der Waals surface area contributed by atoms with Crippen molar-refractivity contribution in [2.75, 3.05) is 13.6 Å².